The van der Waals surface area contributed by atoms with Gasteiger partial charge in [-0.25, -0.2) is 0 Å². The second-order valence-corrected chi connectivity index (χ2v) is 5.03. The number of hydrogen-bond acceptors (Lipinski definition) is 5. The second-order valence-electron chi connectivity index (χ2n) is 2.93. The van der Waals surface area contributed by atoms with Crippen molar-refractivity contribution in [2.75, 3.05) is 18.8 Å². The Morgan fingerprint density at radius 3 is 3.15 bits per heavy atom. The average Bonchev–Trinajstić information content (AvgIpc) is 2.64. The Labute approximate surface area is 87.3 Å². The Kier molecular flexibility index (Phi) is 5.34. The van der Waals surface area contributed by atoms with Gasteiger partial charge in [-0.15, -0.1) is 10.2 Å². The number of aromatic nitrogens is 2. The summed E-state index contributed by atoms with van der Waals surface area (Å²) < 4.78 is 1.07. The van der Waals surface area contributed by atoms with Gasteiger partial charge in [0, 0.05) is 5.75 Å². The number of thioether (sulfide) groups is 1. The monoisotopic (exact) mass is 217 g/mol. The Morgan fingerprint density at radius 2 is 2.54 bits per heavy atom. The lowest BCUT2D eigenvalue weighted by Crippen LogP contribution is -2.21. The Morgan fingerprint density at radius 1 is 1.69 bits per heavy atom. The van der Waals surface area contributed by atoms with Crippen molar-refractivity contribution in [3.05, 3.63) is 5.51 Å². The minimum absolute atomic E-state index is 0.689. The molecule has 74 valence electrons. The first-order valence-corrected chi connectivity index (χ1v) is 6.29. The van der Waals surface area contributed by atoms with Crippen molar-refractivity contribution in [2.24, 2.45) is 5.92 Å². The lowest BCUT2D eigenvalue weighted by atomic mass is 10.2. The third-order valence-electron chi connectivity index (χ3n) is 1.57. The second kappa shape index (κ2) is 6.34. The van der Waals surface area contributed by atoms with Gasteiger partial charge in [0.2, 0.25) is 0 Å². The molecule has 1 N–H and O–H groups in total. The fraction of sp³-hybridized carbons (Fsp3) is 0.750. The Hall–Kier alpha value is -0.130. The highest BCUT2D eigenvalue weighted by molar-refractivity contribution is 8.01. The fourth-order valence-electron chi connectivity index (χ4n) is 0.889. The largest absolute Gasteiger partial charge is 0.317 e. The van der Waals surface area contributed by atoms with Gasteiger partial charge in [0.05, 0.1) is 0 Å². The first kappa shape index (κ1) is 10.9. The highest BCUT2D eigenvalue weighted by Crippen LogP contribution is 2.21. The van der Waals surface area contributed by atoms with E-state index in [0.29, 0.717) is 5.92 Å². The van der Waals surface area contributed by atoms with Crippen LogP contribution in [0.2, 0.25) is 0 Å². The van der Waals surface area contributed by atoms with Crippen LogP contribution in [0.25, 0.3) is 0 Å². The molecule has 1 aromatic heterocycles. The van der Waals surface area contributed by atoms with E-state index in [1.54, 1.807) is 28.6 Å². The maximum atomic E-state index is 3.98. The van der Waals surface area contributed by atoms with Gasteiger partial charge in [-0.2, -0.15) is 0 Å². The van der Waals surface area contributed by atoms with E-state index >= 15 is 0 Å². The van der Waals surface area contributed by atoms with E-state index in [9.17, 15) is 0 Å². The molecule has 0 radical (unpaired) electrons. The summed E-state index contributed by atoms with van der Waals surface area (Å²) in [5, 5.41) is 11.1. The zero-order chi connectivity index (χ0) is 9.52. The summed E-state index contributed by atoms with van der Waals surface area (Å²) in [4.78, 5) is 0. The SMILES string of the molecule is CCNCC(C)CSc1nncs1. The summed E-state index contributed by atoms with van der Waals surface area (Å²) in [6.45, 7) is 6.51. The molecule has 1 heterocycles. The molecule has 0 spiro atoms. The molecule has 0 aliphatic rings. The van der Waals surface area contributed by atoms with Gasteiger partial charge in [-0.3, -0.25) is 0 Å². The van der Waals surface area contributed by atoms with Gasteiger partial charge in [-0.1, -0.05) is 36.9 Å². The summed E-state index contributed by atoms with van der Waals surface area (Å²) in [5.74, 6) is 1.80. The topological polar surface area (TPSA) is 37.8 Å². The zero-order valence-electron chi connectivity index (χ0n) is 7.99. The molecule has 0 aliphatic carbocycles. The third-order valence-corrected chi connectivity index (χ3v) is 3.76. The molecule has 1 unspecified atom stereocenters. The van der Waals surface area contributed by atoms with E-state index in [1.165, 1.54) is 0 Å². The molecule has 3 nitrogen and oxygen atoms in total. The normalized spacial score (nSPS) is 13.1. The van der Waals surface area contributed by atoms with Crippen LogP contribution < -0.4 is 5.32 Å². The van der Waals surface area contributed by atoms with Crippen molar-refractivity contribution in [1.29, 1.82) is 0 Å². The van der Waals surface area contributed by atoms with E-state index < -0.39 is 0 Å². The van der Waals surface area contributed by atoms with Gasteiger partial charge in [0.25, 0.3) is 0 Å². The molecule has 0 amide bonds. The number of nitrogens with zero attached hydrogens (tertiary/aromatic N) is 2. The Bertz CT molecular complexity index is 213. The van der Waals surface area contributed by atoms with Crippen LogP contribution in [0.1, 0.15) is 13.8 Å². The molecule has 0 saturated heterocycles. The first-order valence-electron chi connectivity index (χ1n) is 4.42. The fourth-order valence-corrected chi connectivity index (χ4v) is 2.42. The van der Waals surface area contributed by atoms with Crippen LogP contribution in [-0.4, -0.2) is 29.0 Å². The van der Waals surface area contributed by atoms with Crippen molar-refractivity contribution in [3.8, 4) is 0 Å². The van der Waals surface area contributed by atoms with Gasteiger partial charge < -0.3 is 5.32 Å². The minimum Gasteiger partial charge on any atom is -0.317 e. The number of nitrogens with one attached hydrogen (secondary N) is 1. The van der Waals surface area contributed by atoms with E-state index in [0.717, 1.165) is 23.2 Å². The molecule has 0 saturated carbocycles. The van der Waals surface area contributed by atoms with Gasteiger partial charge in [0.1, 0.15) is 5.51 Å². The molecule has 0 fully saturated rings. The van der Waals surface area contributed by atoms with Crippen molar-refractivity contribution in [1.82, 2.24) is 15.5 Å². The lowest BCUT2D eigenvalue weighted by molar-refractivity contribution is 0.574. The molecular formula is C8H15N3S2. The van der Waals surface area contributed by atoms with Gasteiger partial charge in [-0.05, 0) is 19.0 Å². The van der Waals surface area contributed by atoms with E-state index in [1.807, 2.05) is 0 Å². The molecule has 13 heavy (non-hydrogen) atoms. The summed E-state index contributed by atoms with van der Waals surface area (Å²) in [6, 6.07) is 0. The molecule has 1 atom stereocenters. The van der Waals surface area contributed by atoms with Crippen LogP contribution >= 0.6 is 23.1 Å². The predicted octanol–water partition coefficient (Wildman–Crippen LogP) is 1.88. The summed E-state index contributed by atoms with van der Waals surface area (Å²) >= 11 is 3.40. The molecule has 5 heteroatoms. The van der Waals surface area contributed by atoms with Crippen molar-refractivity contribution < 1.29 is 0 Å². The molecule has 1 rings (SSSR count). The number of rotatable bonds is 6. The smallest absolute Gasteiger partial charge is 0.174 e. The van der Waals surface area contributed by atoms with E-state index in [-0.39, 0.29) is 0 Å². The first-order chi connectivity index (χ1) is 6.33. The van der Waals surface area contributed by atoms with Crippen LogP contribution in [0, 0.1) is 5.92 Å². The summed E-state index contributed by atoms with van der Waals surface area (Å²) in [5.41, 5.74) is 1.78. The zero-order valence-corrected chi connectivity index (χ0v) is 9.62. The molecule has 0 aromatic carbocycles. The molecule has 0 aliphatic heterocycles. The van der Waals surface area contributed by atoms with Crippen LogP contribution in [0.5, 0.6) is 0 Å². The van der Waals surface area contributed by atoms with Crippen LogP contribution in [-0.2, 0) is 0 Å². The maximum Gasteiger partial charge on any atom is 0.174 e. The van der Waals surface area contributed by atoms with Crippen molar-refractivity contribution in [3.63, 3.8) is 0 Å². The molecular weight excluding hydrogens is 202 g/mol. The van der Waals surface area contributed by atoms with Gasteiger partial charge in [0.15, 0.2) is 4.34 Å². The highest BCUT2D eigenvalue weighted by atomic mass is 32.2. The van der Waals surface area contributed by atoms with Crippen LogP contribution in [0.4, 0.5) is 0 Å². The summed E-state index contributed by atoms with van der Waals surface area (Å²) in [7, 11) is 0. The molecule has 1 aromatic rings. The lowest BCUT2D eigenvalue weighted by Gasteiger charge is -2.09. The van der Waals surface area contributed by atoms with Crippen molar-refractivity contribution in [2.45, 2.75) is 18.2 Å². The predicted molar refractivity (Wildman–Crippen MR) is 58.3 cm³/mol. The summed E-state index contributed by atoms with van der Waals surface area (Å²) in [6.07, 6.45) is 0. The van der Waals surface area contributed by atoms with E-state index in [2.05, 4.69) is 29.4 Å². The maximum absolute atomic E-state index is 3.98. The average molecular weight is 217 g/mol. The van der Waals surface area contributed by atoms with Crippen molar-refractivity contribution >= 4 is 23.1 Å². The number of hydrogen-bond donors (Lipinski definition) is 1. The third kappa shape index (κ3) is 4.59. The molecule has 0 bridgehead atoms. The minimum atomic E-state index is 0.689. The standard InChI is InChI=1S/C8H15N3S2/c1-3-9-4-7(2)5-12-8-11-10-6-13-8/h6-7,9H,3-5H2,1-2H3. The van der Waals surface area contributed by atoms with Crippen LogP contribution in [0.3, 0.4) is 0 Å². The quantitative estimate of drug-likeness (QED) is 0.738. The van der Waals surface area contributed by atoms with E-state index in [4.69, 9.17) is 0 Å². The van der Waals surface area contributed by atoms with Gasteiger partial charge >= 0.3 is 0 Å². The highest BCUT2D eigenvalue weighted by Gasteiger charge is 2.03. The Balaban J connectivity index is 2.11. The van der Waals surface area contributed by atoms with Crippen LogP contribution in [0.15, 0.2) is 9.85 Å².